The molecule has 0 N–H and O–H groups in total. The second-order valence-corrected chi connectivity index (χ2v) is 8.78. The van der Waals surface area contributed by atoms with Crippen LogP contribution >= 0.6 is 7.60 Å². The van der Waals surface area contributed by atoms with Gasteiger partial charge in [-0.25, -0.2) is 4.79 Å². The van der Waals surface area contributed by atoms with Crippen LogP contribution in [-0.2, 0) is 18.3 Å². The van der Waals surface area contributed by atoms with E-state index in [2.05, 4.69) is 6.92 Å². The molecule has 26 heavy (non-hydrogen) atoms. The van der Waals surface area contributed by atoms with E-state index in [9.17, 15) is 9.36 Å². The second kappa shape index (κ2) is 13.1. The molecule has 0 bridgehead atoms. The number of ether oxygens (including phenoxy) is 1. The van der Waals surface area contributed by atoms with Crippen molar-refractivity contribution in [3.63, 3.8) is 0 Å². The first-order valence-electron chi connectivity index (χ1n) is 9.54. The van der Waals surface area contributed by atoms with E-state index < -0.39 is 19.4 Å². The smallest absolute Gasteiger partial charge is 0.370 e. The molecule has 1 rings (SSSR count). The van der Waals surface area contributed by atoms with Crippen molar-refractivity contribution in [1.29, 1.82) is 0 Å². The summed E-state index contributed by atoms with van der Waals surface area (Å²) in [5, 5.41) is 0. The van der Waals surface area contributed by atoms with Crippen molar-refractivity contribution in [3.05, 3.63) is 35.9 Å². The monoisotopic (exact) mass is 384 g/mol. The molecule has 0 saturated carbocycles. The summed E-state index contributed by atoms with van der Waals surface area (Å²) in [7, 11) is -0.837. The van der Waals surface area contributed by atoms with Crippen LogP contribution in [0.1, 0.15) is 75.1 Å². The van der Waals surface area contributed by atoms with Gasteiger partial charge in [0, 0.05) is 14.2 Å². The number of unbranched alkanes of at least 4 members (excludes halogenated alkanes) is 7. The number of carbonyl (C=O) groups excluding carboxylic acids is 1. The largest absolute Gasteiger partial charge is 0.446 e. The van der Waals surface area contributed by atoms with E-state index in [1.807, 2.05) is 6.07 Å². The quantitative estimate of drug-likeness (QED) is 0.217. The van der Waals surface area contributed by atoms with Gasteiger partial charge in [0.25, 0.3) is 0 Å². The van der Waals surface area contributed by atoms with Gasteiger partial charge in [-0.1, -0.05) is 70.1 Å². The van der Waals surface area contributed by atoms with E-state index in [-0.39, 0.29) is 0 Å². The van der Waals surface area contributed by atoms with E-state index in [0.29, 0.717) is 12.0 Å². The summed E-state index contributed by atoms with van der Waals surface area (Å²) in [6, 6.07) is 8.68. The van der Waals surface area contributed by atoms with E-state index in [1.165, 1.54) is 46.3 Å². The summed E-state index contributed by atoms with van der Waals surface area (Å²) in [5.41, 5.74) is 0.423. The molecule has 5 nitrogen and oxygen atoms in total. The number of esters is 1. The van der Waals surface area contributed by atoms with Gasteiger partial charge in [-0.05, 0) is 25.0 Å². The van der Waals surface area contributed by atoms with Crippen LogP contribution in [0.2, 0.25) is 0 Å². The number of rotatable bonds is 14. The molecule has 0 fully saturated rings. The van der Waals surface area contributed by atoms with Crippen LogP contribution in [0.4, 0.5) is 0 Å². The van der Waals surface area contributed by atoms with Gasteiger partial charge in [-0.3, -0.25) is 4.57 Å². The molecule has 0 aliphatic rings. The van der Waals surface area contributed by atoms with E-state index in [1.54, 1.807) is 24.3 Å². The third-order valence-corrected chi connectivity index (χ3v) is 6.51. The van der Waals surface area contributed by atoms with E-state index in [4.69, 9.17) is 13.8 Å². The summed E-state index contributed by atoms with van der Waals surface area (Å²) < 4.78 is 28.4. The number of benzene rings is 1. The topological polar surface area (TPSA) is 61.8 Å². The Kier molecular flexibility index (Phi) is 11.5. The van der Waals surface area contributed by atoms with Crippen molar-refractivity contribution in [2.75, 3.05) is 14.2 Å². The maximum absolute atomic E-state index is 12.7. The van der Waals surface area contributed by atoms with E-state index >= 15 is 0 Å². The van der Waals surface area contributed by atoms with Gasteiger partial charge in [-0.2, -0.15) is 0 Å². The van der Waals surface area contributed by atoms with Crippen molar-refractivity contribution in [2.24, 2.45) is 0 Å². The lowest BCUT2D eigenvalue weighted by atomic mass is 10.1. The van der Waals surface area contributed by atoms with Gasteiger partial charge >= 0.3 is 13.6 Å². The van der Waals surface area contributed by atoms with Crippen molar-refractivity contribution in [2.45, 2.75) is 70.6 Å². The van der Waals surface area contributed by atoms with Gasteiger partial charge in [0.15, 0.2) is 0 Å². The molecular formula is C20H33O5P. The Labute approximate surface area is 158 Å². The standard InChI is InChI=1S/C20H33O5P/c1-4-5-6-7-8-9-10-14-17-19(26(22,23-2)24-3)25-20(21)18-15-12-11-13-16-18/h11-13,15-16,19H,4-10,14,17H2,1-3H3/t19-/m0/s1. The van der Waals surface area contributed by atoms with E-state index in [0.717, 1.165) is 19.3 Å². The maximum Gasteiger partial charge on any atom is 0.370 e. The average Bonchev–Trinajstić information content (AvgIpc) is 2.69. The van der Waals surface area contributed by atoms with Crippen LogP contribution < -0.4 is 0 Å². The summed E-state index contributed by atoms with van der Waals surface area (Å²) in [6.45, 7) is 2.21. The molecule has 0 heterocycles. The molecule has 0 aliphatic heterocycles. The zero-order valence-corrected chi connectivity index (χ0v) is 17.2. The molecule has 1 aromatic rings. The molecule has 1 atom stereocenters. The van der Waals surface area contributed by atoms with Gasteiger partial charge in [0.2, 0.25) is 5.85 Å². The summed E-state index contributed by atoms with van der Waals surface area (Å²) in [6.07, 6.45) is 9.72. The number of carbonyl (C=O) groups is 1. The molecule has 1 aromatic carbocycles. The zero-order valence-electron chi connectivity index (χ0n) is 16.3. The van der Waals surface area contributed by atoms with Crippen molar-refractivity contribution in [3.8, 4) is 0 Å². The molecule has 0 radical (unpaired) electrons. The molecular weight excluding hydrogens is 351 g/mol. The highest BCUT2D eigenvalue weighted by molar-refractivity contribution is 7.54. The van der Waals surface area contributed by atoms with Crippen LogP contribution in [0.25, 0.3) is 0 Å². The SMILES string of the molecule is CCCCCCCCCC[C@@H](OC(=O)c1ccccc1)P(=O)(OC)OC. The van der Waals surface area contributed by atoms with Gasteiger partial charge in [0.05, 0.1) is 5.56 Å². The molecule has 0 aliphatic carbocycles. The average molecular weight is 384 g/mol. The first-order chi connectivity index (χ1) is 12.6. The lowest BCUT2D eigenvalue weighted by molar-refractivity contribution is 0.0366. The minimum atomic E-state index is -3.48. The highest BCUT2D eigenvalue weighted by Crippen LogP contribution is 2.54. The number of hydrogen-bond acceptors (Lipinski definition) is 5. The van der Waals surface area contributed by atoms with Crippen molar-refractivity contribution < 1.29 is 23.1 Å². The predicted molar refractivity (Wildman–Crippen MR) is 104 cm³/mol. The summed E-state index contributed by atoms with van der Waals surface area (Å²) in [4.78, 5) is 12.3. The maximum atomic E-state index is 12.7. The normalized spacial score (nSPS) is 12.7. The van der Waals surface area contributed by atoms with Gasteiger partial charge in [-0.15, -0.1) is 0 Å². The van der Waals surface area contributed by atoms with Crippen LogP contribution in [0.3, 0.4) is 0 Å². The fourth-order valence-corrected chi connectivity index (χ4v) is 4.15. The van der Waals surface area contributed by atoms with Crippen LogP contribution in [0.15, 0.2) is 30.3 Å². The Morgan fingerprint density at radius 2 is 1.46 bits per heavy atom. The third-order valence-electron chi connectivity index (χ3n) is 4.42. The highest BCUT2D eigenvalue weighted by Gasteiger charge is 2.37. The van der Waals surface area contributed by atoms with Gasteiger partial charge < -0.3 is 13.8 Å². The highest BCUT2D eigenvalue weighted by atomic mass is 31.2. The Morgan fingerprint density at radius 3 is 2.00 bits per heavy atom. The lowest BCUT2D eigenvalue weighted by Crippen LogP contribution is -2.20. The summed E-state index contributed by atoms with van der Waals surface area (Å²) >= 11 is 0. The van der Waals surface area contributed by atoms with Crippen molar-refractivity contribution in [1.82, 2.24) is 0 Å². The van der Waals surface area contributed by atoms with Crippen molar-refractivity contribution >= 4 is 13.6 Å². The summed E-state index contributed by atoms with van der Waals surface area (Å²) in [5.74, 6) is -1.39. The van der Waals surface area contributed by atoms with Crippen LogP contribution in [-0.4, -0.2) is 26.0 Å². The lowest BCUT2D eigenvalue weighted by Gasteiger charge is -2.24. The molecule has 0 amide bonds. The number of hydrogen-bond donors (Lipinski definition) is 0. The fourth-order valence-electron chi connectivity index (χ4n) is 2.81. The first-order valence-corrected chi connectivity index (χ1v) is 11.2. The molecule has 0 aromatic heterocycles. The Hall–Kier alpha value is -1.16. The zero-order chi connectivity index (χ0) is 19.3. The minimum absolute atomic E-state index is 0.423. The first kappa shape index (κ1) is 22.9. The van der Waals surface area contributed by atoms with Crippen LogP contribution in [0, 0.1) is 0 Å². The molecule has 0 spiro atoms. The second-order valence-electron chi connectivity index (χ2n) is 6.39. The molecule has 0 saturated heterocycles. The van der Waals surface area contributed by atoms with Gasteiger partial charge in [0.1, 0.15) is 0 Å². The van der Waals surface area contributed by atoms with Crippen LogP contribution in [0.5, 0.6) is 0 Å². The predicted octanol–water partition coefficient (Wildman–Crippen LogP) is 6.19. The molecule has 148 valence electrons. The third kappa shape index (κ3) is 8.03. The molecule has 0 unspecified atom stereocenters. The molecule has 6 heteroatoms. The Morgan fingerprint density at radius 1 is 0.923 bits per heavy atom. The Balaban J connectivity index is 2.52. The fraction of sp³-hybridized carbons (Fsp3) is 0.650. The minimum Gasteiger partial charge on any atom is -0.446 e. The Bertz CT molecular complexity index is 538.